The number of amides is 1. The number of benzene rings is 2. The molecule has 0 saturated heterocycles. The van der Waals surface area contributed by atoms with E-state index < -0.39 is 0 Å². The number of hydroxylamine groups is 1. The Morgan fingerprint density at radius 3 is 2.62 bits per heavy atom. The van der Waals surface area contributed by atoms with E-state index in [2.05, 4.69) is 17.6 Å². The monoisotopic (exact) mass is 351 g/mol. The van der Waals surface area contributed by atoms with E-state index in [-0.39, 0.29) is 12.0 Å². The molecular weight excluding hydrogens is 326 g/mol. The van der Waals surface area contributed by atoms with Gasteiger partial charge in [-0.3, -0.25) is 9.63 Å². The maximum absolute atomic E-state index is 12.2. The highest BCUT2D eigenvalue weighted by Crippen LogP contribution is 2.22. The molecule has 0 fully saturated rings. The van der Waals surface area contributed by atoms with E-state index in [1.54, 1.807) is 0 Å². The van der Waals surface area contributed by atoms with Crippen LogP contribution in [0.2, 0.25) is 0 Å². The number of fused-ring (bicyclic) bond motifs is 1. The molecule has 136 valence electrons. The molecule has 0 aliphatic carbocycles. The van der Waals surface area contributed by atoms with Crippen LogP contribution in [0.25, 0.3) is 0 Å². The van der Waals surface area contributed by atoms with Crippen molar-refractivity contribution in [1.82, 2.24) is 5.48 Å². The summed E-state index contributed by atoms with van der Waals surface area (Å²) in [5, 5.41) is 0. The van der Waals surface area contributed by atoms with Gasteiger partial charge in [-0.15, -0.1) is 0 Å². The highest BCUT2D eigenvalue weighted by Gasteiger charge is 2.13. The first-order valence-electron chi connectivity index (χ1n) is 9.18. The van der Waals surface area contributed by atoms with Gasteiger partial charge in [0.1, 0.15) is 11.9 Å². The summed E-state index contributed by atoms with van der Waals surface area (Å²) in [5.74, 6) is 0.738. The number of nitrogens with one attached hydrogen (secondary N) is 1. The molecule has 0 radical (unpaired) electrons. The Labute approximate surface area is 154 Å². The maximum Gasteiger partial charge on any atom is 0.243 e. The van der Waals surface area contributed by atoms with Crippen molar-refractivity contribution < 1.29 is 14.4 Å². The summed E-state index contributed by atoms with van der Waals surface area (Å²) < 4.78 is 5.89. The smallest absolute Gasteiger partial charge is 0.243 e. The van der Waals surface area contributed by atoms with Gasteiger partial charge in [-0.2, -0.15) is 0 Å². The molecule has 26 heavy (non-hydrogen) atoms. The second kappa shape index (κ2) is 9.78. The normalized spacial score (nSPS) is 20.6. The second-order valence-electron chi connectivity index (χ2n) is 6.35. The number of aryl methyl sites for hydroxylation is 1. The highest BCUT2D eigenvalue weighted by molar-refractivity contribution is 5.75. The lowest BCUT2D eigenvalue weighted by Gasteiger charge is -2.17. The fraction of sp³-hybridized carbons (Fsp3) is 0.318. The molecule has 0 spiro atoms. The van der Waals surface area contributed by atoms with Crippen LogP contribution in [0, 0.1) is 0 Å². The van der Waals surface area contributed by atoms with E-state index >= 15 is 0 Å². The molecule has 1 aliphatic rings. The van der Waals surface area contributed by atoms with Crippen LogP contribution in [0.5, 0.6) is 5.75 Å². The molecular formula is C22H25NO3. The summed E-state index contributed by atoms with van der Waals surface area (Å²) in [7, 11) is 0. The molecule has 1 aliphatic heterocycles. The van der Waals surface area contributed by atoms with Crippen molar-refractivity contribution in [3.05, 3.63) is 77.9 Å². The SMILES string of the molecule is O=C1CCc2ccccc2OCCC/C=C\CC(c2ccccc2)ON1. The van der Waals surface area contributed by atoms with Crippen molar-refractivity contribution in [2.45, 2.75) is 38.2 Å². The van der Waals surface area contributed by atoms with Gasteiger partial charge in [-0.25, -0.2) is 5.48 Å². The topological polar surface area (TPSA) is 47.6 Å². The van der Waals surface area contributed by atoms with Crippen LogP contribution in [0.4, 0.5) is 0 Å². The van der Waals surface area contributed by atoms with E-state index in [4.69, 9.17) is 9.57 Å². The summed E-state index contributed by atoms with van der Waals surface area (Å²) >= 11 is 0. The van der Waals surface area contributed by atoms with Gasteiger partial charge in [0, 0.05) is 6.42 Å². The fourth-order valence-corrected chi connectivity index (χ4v) is 2.93. The minimum Gasteiger partial charge on any atom is -0.493 e. The standard InChI is InChI=1S/C22H25NO3/c24-22-16-15-19-12-7-8-13-20(19)25-17-9-2-1-6-14-21(26-23-22)18-10-4-3-5-11-18/h1,3-8,10-13,21H,2,9,14-17H2,(H,23,24)/b6-1-. The Hall–Kier alpha value is -2.59. The van der Waals surface area contributed by atoms with Gasteiger partial charge in [-0.1, -0.05) is 60.7 Å². The first-order valence-corrected chi connectivity index (χ1v) is 9.18. The average Bonchev–Trinajstić information content (AvgIpc) is 2.69. The predicted molar refractivity (Wildman–Crippen MR) is 102 cm³/mol. The van der Waals surface area contributed by atoms with E-state index in [0.717, 1.165) is 29.7 Å². The van der Waals surface area contributed by atoms with Gasteiger partial charge in [0.2, 0.25) is 5.91 Å². The van der Waals surface area contributed by atoms with Gasteiger partial charge in [0.05, 0.1) is 6.61 Å². The lowest BCUT2D eigenvalue weighted by Crippen LogP contribution is -2.26. The summed E-state index contributed by atoms with van der Waals surface area (Å²) in [6.45, 7) is 0.673. The van der Waals surface area contributed by atoms with Crippen LogP contribution in [0.3, 0.4) is 0 Å². The van der Waals surface area contributed by atoms with Crippen molar-refractivity contribution >= 4 is 5.91 Å². The third-order valence-electron chi connectivity index (χ3n) is 4.37. The molecule has 0 aromatic heterocycles. The highest BCUT2D eigenvalue weighted by atomic mass is 16.7. The van der Waals surface area contributed by atoms with Gasteiger partial charge < -0.3 is 4.74 Å². The van der Waals surface area contributed by atoms with Gasteiger partial charge in [0.25, 0.3) is 0 Å². The second-order valence-corrected chi connectivity index (χ2v) is 6.35. The zero-order valence-corrected chi connectivity index (χ0v) is 14.9. The minimum atomic E-state index is -0.190. The first-order chi connectivity index (χ1) is 12.8. The quantitative estimate of drug-likeness (QED) is 0.768. The summed E-state index contributed by atoms with van der Waals surface area (Å²) in [6, 6.07) is 17.9. The van der Waals surface area contributed by atoms with Crippen LogP contribution in [-0.4, -0.2) is 12.5 Å². The molecule has 1 unspecified atom stereocenters. The Morgan fingerprint density at radius 1 is 0.923 bits per heavy atom. The van der Waals surface area contributed by atoms with Crippen molar-refractivity contribution in [3.63, 3.8) is 0 Å². The van der Waals surface area contributed by atoms with Crippen LogP contribution in [0.15, 0.2) is 66.7 Å². The molecule has 2 aromatic carbocycles. The number of carbonyl (C=O) groups is 1. The third-order valence-corrected chi connectivity index (χ3v) is 4.37. The average molecular weight is 351 g/mol. The van der Waals surface area contributed by atoms with E-state index in [0.29, 0.717) is 25.9 Å². The molecule has 0 saturated carbocycles. The van der Waals surface area contributed by atoms with Crippen LogP contribution < -0.4 is 10.2 Å². The van der Waals surface area contributed by atoms with E-state index in [9.17, 15) is 4.79 Å². The Kier molecular flexibility index (Phi) is 6.85. The number of hydrogen-bond acceptors (Lipinski definition) is 3. The summed E-state index contributed by atoms with van der Waals surface area (Å²) in [4.78, 5) is 17.9. The summed E-state index contributed by atoms with van der Waals surface area (Å²) in [6.07, 6.45) is 7.68. The molecule has 1 amide bonds. The number of carbonyl (C=O) groups excluding carboxylic acids is 1. The van der Waals surface area contributed by atoms with Gasteiger partial charge in [-0.05, 0) is 42.9 Å². The van der Waals surface area contributed by atoms with Gasteiger partial charge in [0.15, 0.2) is 0 Å². The van der Waals surface area contributed by atoms with Crippen LogP contribution in [0.1, 0.15) is 42.9 Å². The number of rotatable bonds is 1. The lowest BCUT2D eigenvalue weighted by atomic mass is 10.1. The molecule has 4 nitrogen and oxygen atoms in total. The predicted octanol–water partition coefficient (Wildman–Crippen LogP) is 4.53. The minimum absolute atomic E-state index is 0.125. The molecule has 0 bridgehead atoms. The lowest BCUT2D eigenvalue weighted by molar-refractivity contribution is -0.138. The molecule has 3 rings (SSSR count). The van der Waals surface area contributed by atoms with Crippen LogP contribution in [-0.2, 0) is 16.1 Å². The van der Waals surface area contributed by atoms with Crippen molar-refractivity contribution in [3.8, 4) is 5.75 Å². The van der Waals surface area contributed by atoms with E-state index in [1.165, 1.54) is 0 Å². The third kappa shape index (κ3) is 5.46. The van der Waals surface area contributed by atoms with Gasteiger partial charge >= 0.3 is 0 Å². The molecule has 1 heterocycles. The van der Waals surface area contributed by atoms with Crippen molar-refractivity contribution in [2.75, 3.05) is 6.61 Å². The number of ether oxygens (including phenoxy) is 1. The zero-order valence-electron chi connectivity index (χ0n) is 14.9. The molecule has 1 N–H and O–H groups in total. The molecule has 1 atom stereocenters. The largest absolute Gasteiger partial charge is 0.493 e. The Bertz CT molecular complexity index is 727. The molecule has 4 heteroatoms. The Balaban J connectivity index is 1.70. The van der Waals surface area contributed by atoms with Crippen molar-refractivity contribution in [2.24, 2.45) is 0 Å². The summed E-state index contributed by atoms with van der Waals surface area (Å²) in [5.41, 5.74) is 4.72. The zero-order chi connectivity index (χ0) is 18.0. The maximum atomic E-state index is 12.2. The molecule has 2 aromatic rings. The van der Waals surface area contributed by atoms with Crippen molar-refractivity contribution in [1.29, 1.82) is 0 Å². The van der Waals surface area contributed by atoms with Crippen LogP contribution >= 0.6 is 0 Å². The number of allylic oxidation sites excluding steroid dienone is 1. The fourth-order valence-electron chi connectivity index (χ4n) is 2.93. The first kappa shape index (κ1) is 18.2. The number of hydrogen-bond donors (Lipinski definition) is 1. The Morgan fingerprint density at radius 2 is 1.73 bits per heavy atom. The van der Waals surface area contributed by atoms with E-state index in [1.807, 2.05) is 54.6 Å². The number of para-hydroxylation sites is 1.